The molecule has 3 rings (SSSR count). The number of benzene rings is 2. The summed E-state index contributed by atoms with van der Waals surface area (Å²) in [5.74, 6) is -0.215. The molecule has 1 atom stereocenters. The molecule has 162 valence electrons. The van der Waals surface area contributed by atoms with Crippen molar-refractivity contribution in [1.29, 1.82) is 0 Å². The summed E-state index contributed by atoms with van der Waals surface area (Å²) in [6.07, 6.45) is -5.46. The fourth-order valence-corrected chi connectivity index (χ4v) is 3.29. The fraction of sp³-hybridized carbons (Fsp3) is 0.381. The number of hydrogen-bond donors (Lipinski definition) is 1. The van der Waals surface area contributed by atoms with E-state index in [0.717, 1.165) is 6.07 Å². The molecule has 9 heteroatoms. The van der Waals surface area contributed by atoms with Gasteiger partial charge in [0, 0.05) is 25.3 Å². The summed E-state index contributed by atoms with van der Waals surface area (Å²) in [6, 6.07) is 10.8. The molecule has 0 spiro atoms. The Kier molecular flexibility index (Phi) is 7.10. The van der Waals surface area contributed by atoms with Crippen LogP contribution in [0.15, 0.2) is 42.5 Å². The number of nitrogens with one attached hydrogen (secondary N) is 1. The summed E-state index contributed by atoms with van der Waals surface area (Å²) in [7, 11) is 0. The summed E-state index contributed by atoms with van der Waals surface area (Å²) < 4.78 is 51.6. The van der Waals surface area contributed by atoms with Gasteiger partial charge < -0.3 is 19.7 Å². The Balaban J connectivity index is 1.69. The molecule has 1 unspecified atom stereocenters. The Morgan fingerprint density at radius 3 is 2.60 bits per heavy atom. The largest absolute Gasteiger partial charge is 0.479 e. The summed E-state index contributed by atoms with van der Waals surface area (Å²) >= 11 is 6.00. The van der Waals surface area contributed by atoms with Gasteiger partial charge in [0.15, 0.2) is 6.10 Å². The number of ether oxygens (including phenoxy) is 2. The predicted molar refractivity (Wildman–Crippen MR) is 108 cm³/mol. The SMILES string of the molecule is CC(Oc1ccccc1Cl)C(=O)NCc1ccc(N2CCOCC2)cc1C(F)(F)F. The van der Waals surface area contributed by atoms with E-state index in [2.05, 4.69) is 5.32 Å². The topological polar surface area (TPSA) is 50.8 Å². The van der Waals surface area contributed by atoms with Crippen molar-refractivity contribution in [3.05, 3.63) is 58.6 Å². The molecule has 1 heterocycles. The van der Waals surface area contributed by atoms with Gasteiger partial charge in [0.2, 0.25) is 0 Å². The molecule has 30 heavy (non-hydrogen) atoms. The van der Waals surface area contributed by atoms with Crippen LogP contribution in [-0.2, 0) is 22.3 Å². The second kappa shape index (κ2) is 9.57. The van der Waals surface area contributed by atoms with Crippen LogP contribution in [0.3, 0.4) is 0 Å². The fourth-order valence-electron chi connectivity index (χ4n) is 3.11. The number of carbonyl (C=O) groups is 1. The molecule has 0 radical (unpaired) electrons. The van der Waals surface area contributed by atoms with Crippen LogP contribution >= 0.6 is 11.6 Å². The lowest BCUT2D eigenvalue weighted by molar-refractivity contribution is -0.138. The van der Waals surface area contributed by atoms with Crippen LogP contribution in [0.2, 0.25) is 5.02 Å². The summed E-state index contributed by atoms with van der Waals surface area (Å²) in [6.45, 7) is 3.25. The van der Waals surface area contributed by atoms with E-state index in [0.29, 0.717) is 42.8 Å². The van der Waals surface area contributed by atoms with E-state index in [1.165, 1.54) is 13.0 Å². The Morgan fingerprint density at radius 2 is 1.93 bits per heavy atom. The second-order valence-electron chi connectivity index (χ2n) is 6.85. The van der Waals surface area contributed by atoms with Gasteiger partial charge in [0.05, 0.1) is 23.8 Å². The van der Waals surface area contributed by atoms with Crippen LogP contribution in [0.5, 0.6) is 5.75 Å². The van der Waals surface area contributed by atoms with Gasteiger partial charge in [-0.25, -0.2) is 0 Å². The highest BCUT2D eigenvalue weighted by Gasteiger charge is 2.34. The number of hydrogen-bond acceptors (Lipinski definition) is 4. The first kappa shape index (κ1) is 22.2. The van der Waals surface area contributed by atoms with Crippen molar-refractivity contribution in [1.82, 2.24) is 5.32 Å². The zero-order chi connectivity index (χ0) is 21.7. The summed E-state index contributed by atoms with van der Waals surface area (Å²) in [4.78, 5) is 14.2. The van der Waals surface area contributed by atoms with E-state index >= 15 is 0 Å². The molecular formula is C21H22ClF3N2O3. The number of carbonyl (C=O) groups excluding carboxylic acids is 1. The first-order valence-electron chi connectivity index (χ1n) is 9.47. The van der Waals surface area contributed by atoms with E-state index in [-0.39, 0.29) is 12.1 Å². The third kappa shape index (κ3) is 5.58. The van der Waals surface area contributed by atoms with Gasteiger partial charge >= 0.3 is 6.18 Å². The Bertz CT molecular complexity index is 886. The maximum absolute atomic E-state index is 13.6. The standard InChI is InChI=1S/C21H22ClF3N2O3/c1-14(30-19-5-3-2-4-18(19)22)20(28)26-13-15-6-7-16(12-17(15)21(23,24)25)27-8-10-29-11-9-27/h2-7,12,14H,8-11,13H2,1H3,(H,26,28). The van der Waals surface area contributed by atoms with Crippen molar-refractivity contribution in [3.63, 3.8) is 0 Å². The number of anilines is 1. The van der Waals surface area contributed by atoms with Gasteiger partial charge in [-0.05, 0) is 36.8 Å². The third-order valence-corrected chi connectivity index (χ3v) is 5.05. The molecule has 5 nitrogen and oxygen atoms in total. The molecule has 0 bridgehead atoms. The zero-order valence-corrected chi connectivity index (χ0v) is 17.1. The van der Waals surface area contributed by atoms with E-state index in [1.54, 1.807) is 30.3 Å². The van der Waals surface area contributed by atoms with E-state index < -0.39 is 23.8 Å². The average molecular weight is 443 g/mol. The molecule has 1 aliphatic rings. The van der Waals surface area contributed by atoms with Crippen LogP contribution in [0, 0.1) is 0 Å². The second-order valence-corrected chi connectivity index (χ2v) is 7.25. The normalized spacial score (nSPS) is 15.6. The zero-order valence-electron chi connectivity index (χ0n) is 16.3. The quantitative estimate of drug-likeness (QED) is 0.725. The van der Waals surface area contributed by atoms with Crippen LogP contribution in [0.4, 0.5) is 18.9 Å². The number of nitrogens with zero attached hydrogens (tertiary/aromatic N) is 1. The first-order chi connectivity index (χ1) is 14.3. The Morgan fingerprint density at radius 1 is 1.23 bits per heavy atom. The molecule has 1 N–H and O–H groups in total. The number of alkyl halides is 3. The van der Waals surface area contributed by atoms with Crippen molar-refractivity contribution >= 4 is 23.2 Å². The van der Waals surface area contributed by atoms with Gasteiger partial charge in [-0.1, -0.05) is 29.8 Å². The number of para-hydroxylation sites is 1. The van der Waals surface area contributed by atoms with Crippen molar-refractivity contribution in [3.8, 4) is 5.75 Å². The summed E-state index contributed by atoms with van der Waals surface area (Å²) in [5, 5.41) is 2.85. The summed E-state index contributed by atoms with van der Waals surface area (Å²) in [5.41, 5.74) is -0.305. The van der Waals surface area contributed by atoms with Gasteiger partial charge in [0.1, 0.15) is 5.75 Å². The van der Waals surface area contributed by atoms with Gasteiger partial charge in [0.25, 0.3) is 5.91 Å². The molecule has 2 aromatic carbocycles. The highest BCUT2D eigenvalue weighted by molar-refractivity contribution is 6.32. The van der Waals surface area contributed by atoms with Gasteiger partial charge in [-0.3, -0.25) is 4.79 Å². The Hall–Kier alpha value is -2.45. The minimum atomic E-state index is -4.54. The molecule has 0 saturated carbocycles. The molecule has 2 aromatic rings. The van der Waals surface area contributed by atoms with Gasteiger partial charge in [-0.2, -0.15) is 13.2 Å². The Labute approximate surface area is 177 Å². The third-order valence-electron chi connectivity index (χ3n) is 4.74. The minimum absolute atomic E-state index is 0.0159. The van der Waals surface area contributed by atoms with E-state index in [4.69, 9.17) is 21.1 Å². The minimum Gasteiger partial charge on any atom is -0.479 e. The van der Waals surface area contributed by atoms with Gasteiger partial charge in [-0.15, -0.1) is 0 Å². The smallest absolute Gasteiger partial charge is 0.416 e. The number of amides is 1. The van der Waals surface area contributed by atoms with Crippen molar-refractivity contribution in [2.24, 2.45) is 0 Å². The molecule has 0 aliphatic carbocycles. The number of rotatable bonds is 6. The van der Waals surface area contributed by atoms with Crippen LogP contribution in [0.1, 0.15) is 18.1 Å². The average Bonchev–Trinajstić information content (AvgIpc) is 2.73. The van der Waals surface area contributed by atoms with Crippen molar-refractivity contribution in [2.75, 3.05) is 31.2 Å². The molecule has 1 aliphatic heterocycles. The monoisotopic (exact) mass is 442 g/mol. The molecular weight excluding hydrogens is 421 g/mol. The van der Waals surface area contributed by atoms with Crippen LogP contribution in [-0.4, -0.2) is 38.3 Å². The van der Waals surface area contributed by atoms with Crippen molar-refractivity contribution < 1.29 is 27.4 Å². The lowest BCUT2D eigenvalue weighted by Crippen LogP contribution is -2.37. The predicted octanol–water partition coefficient (Wildman–Crippen LogP) is 4.28. The van der Waals surface area contributed by atoms with E-state index in [1.807, 2.05) is 4.90 Å². The highest BCUT2D eigenvalue weighted by atomic mass is 35.5. The van der Waals surface area contributed by atoms with Crippen molar-refractivity contribution in [2.45, 2.75) is 25.7 Å². The molecule has 0 aromatic heterocycles. The lowest BCUT2D eigenvalue weighted by Gasteiger charge is -2.29. The molecule has 1 amide bonds. The maximum atomic E-state index is 13.6. The number of halogens is 4. The first-order valence-corrected chi connectivity index (χ1v) is 9.85. The maximum Gasteiger partial charge on any atom is 0.416 e. The molecule has 1 saturated heterocycles. The molecule has 1 fully saturated rings. The van der Waals surface area contributed by atoms with E-state index in [9.17, 15) is 18.0 Å². The van der Waals surface area contributed by atoms with Crippen LogP contribution < -0.4 is 15.0 Å². The highest BCUT2D eigenvalue weighted by Crippen LogP contribution is 2.35. The number of morpholine rings is 1. The van der Waals surface area contributed by atoms with Crippen LogP contribution in [0.25, 0.3) is 0 Å². The lowest BCUT2D eigenvalue weighted by atomic mass is 10.0.